The first kappa shape index (κ1) is 11.0. The summed E-state index contributed by atoms with van der Waals surface area (Å²) in [5.41, 5.74) is 5.81. The van der Waals surface area contributed by atoms with Crippen LogP contribution in [-0.2, 0) is 0 Å². The van der Waals surface area contributed by atoms with E-state index >= 15 is 0 Å². The van der Waals surface area contributed by atoms with Crippen molar-refractivity contribution in [1.29, 1.82) is 0 Å². The van der Waals surface area contributed by atoms with E-state index in [0.717, 1.165) is 11.2 Å². The monoisotopic (exact) mass is 233 g/mol. The summed E-state index contributed by atoms with van der Waals surface area (Å²) in [6.45, 7) is 4.23. The molecule has 1 heterocycles. The predicted molar refractivity (Wildman–Crippen MR) is 76.7 cm³/mol. The lowest BCUT2D eigenvalue weighted by Crippen LogP contribution is -1.91. The Hall–Kier alpha value is -2.15. The van der Waals surface area contributed by atoms with E-state index < -0.39 is 0 Å². The second kappa shape index (κ2) is 4.26. The van der Waals surface area contributed by atoms with Crippen molar-refractivity contribution in [2.75, 3.05) is 0 Å². The number of nitrogens with zero attached hydrogens (tertiary/aromatic N) is 1. The topological polar surface area (TPSA) is 12.9 Å². The summed E-state index contributed by atoms with van der Waals surface area (Å²) in [5.74, 6) is 0. The maximum absolute atomic E-state index is 4.84. The van der Waals surface area contributed by atoms with Crippen LogP contribution in [0.5, 0.6) is 0 Å². The zero-order chi connectivity index (χ0) is 12.5. The van der Waals surface area contributed by atoms with Crippen LogP contribution in [0.1, 0.15) is 11.1 Å². The third-order valence-corrected chi connectivity index (χ3v) is 3.29. The quantitative estimate of drug-likeness (QED) is 0.602. The van der Waals surface area contributed by atoms with Gasteiger partial charge in [0.05, 0.1) is 11.2 Å². The number of hydrogen-bond acceptors (Lipinski definition) is 1. The molecule has 0 aliphatic rings. The molecule has 1 aromatic heterocycles. The van der Waals surface area contributed by atoms with Gasteiger partial charge in [-0.05, 0) is 31.0 Å². The zero-order valence-electron chi connectivity index (χ0n) is 10.6. The van der Waals surface area contributed by atoms with Crippen molar-refractivity contribution in [3.05, 3.63) is 65.7 Å². The van der Waals surface area contributed by atoms with Gasteiger partial charge >= 0.3 is 0 Å². The molecule has 3 aromatic rings. The number of aryl methyl sites for hydroxylation is 2. The van der Waals surface area contributed by atoms with Gasteiger partial charge in [0.25, 0.3) is 0 Å². The molecule has 0 fully saturated rings. The van der Waals surface area contributed by atoms with Crippen molar-refractivity contribution in [3.8, 4) is 11.3 Å². The van der Waals surface area contributed by atoms with Gasteiger partial charge in [0.1, 0.15) is 0 Å². The fourth-order valence-electron chi connectivity index (χ4n) is 2.34. The molecule has 0 unspecified atom stereocenters. The van der Waals surface area contributed by atoms with E-state index in [1.165, 1.54) is 22.1 Å². The van der Waals surface area contributed by atoms with Gasteiger partial charge in [-0.15, -0.1) is 0 Å². The van der Waals surface area contributed by atoms with E-state index in [9.17, 15) is 0 Å². The molecular formula is C17H15N. The Kier molecular flexibility index (Phi) is 2.60. The van der Waals surface area contributed by atoms with E-state index in [1.807, 2.05) is 6.07 Å². The molecule has 0 saturated heterocycles. The Labute approximate surface area is 107 Å². The summed E-state index contributed by atoms with van der Waals surface area (Å²) in [6, 6.07) is 18.9. The van der Waals surface area contributed by atoms with Crippen LogP contribution in [0.2, 0.25) is 0 Å². The number of pyridine rings is 1. The molecular weight excluding hydrogens is 218 g/mol. The third kappa shape index (κ3) is 1.78. The lowest BCUT2D eigenvalue weighted by molar-refractivity contribution is 1.31. The molecule has 0 N–H and O–H groups in total. The molecule has 0 atom stereocenters. The van der Waals surface area contributed by atoms with Gasteiger partial charge in [-0.3, -0.25) is 0 Å². The number of hydrogen-bond donors (Lipinski definition) is 0. The van der Waals surface area contributed by atoms with Crippen LogP contribution >= 0.6 is 0 Å². The van der Waals surface area contributed by atoms with Crippen molar-refractivity contribution >= 4 is 10.9 Å². The molecule has 88 valence electrons. The Bertz CT molecular complexity index is 699. The second-order valence-corrected chi connectivity index (χ2v) is 4.67. The fraction of sp³-hybridized carbons (Fsp3) is 0.118. The highest BCUT2D eigenvalue weighted by Gasteiger charge is 2.06. The summed E-state index contributed by atoms with van der Waals surface area (Å²) in [5, 5.41) is 1.21. The minimum absolute atomic E-state index is 1.08. The van der Waals surface area contributed by atoms with Crippen LogP contribution < -0.4 is 0 Å². The smallest absolute Gasteiger partial charge is 0.0738 e. The maximum atomic E-state index is 4.84. The summed E-state index contributed by atoms with van der Waals surface area (Å²) < 4.78 is 0. The van der Waals surface area contributed by atoms with Crippen LogP contribution in [0, 0.1) is 13.8 Å². The zero-order valence-corrected chi connectivity index (χ0v) is 10.6. The lowest BCUT2D eigenvalue weighted by Gasteiger charge is -2.09. The molecule has 0 saturated carbocycles. The molecule has 18 heavy (non-hydrogen) atoms. The Morgan fingerprint density at radius 2 is 1.56 bits per heavy atom. The van der Waals surface area contributed by atoms with E-state index in [0.29, 0.717) is 0 Å². The minimum atomic E-state index is 1.08. The van der Waals surface area contributed by atoms with Crippen LogP contribution in [0.15, 0.2) is 54.6 Å². The highest BCUT2D eigenvalue weighted by Crippen LogP contribution is 2.26. The van der Waals surface area contributed by atoms with Gasteiger partial charge in [0.15, 0.2) is 0 Å². The summed E-state index contributed by atoms with van der Waals surface area (Å²) in [7, 11) is 0. The molecule has 0 amide bonds. The molecule has 0 aliphatic heterocycles. The number of rotatable bonds is 1. The van der Waals surface area contributed by atoms with Gasteiger partial charge in [-0.2, -0.15) is 0 Å². The standard InChI is InChI=1S/C17H15N/c1-12-7-6-10-15-11-13(2)17(18-16(12)15)14-8-4-3-5-9-14/h3-11H,1-2H3. The van der Waals surface area contributed by atoms with Crippen molar-refractivity contribution < 1.29 is 0 Å². The summed E-state index contributed by atoms with van der Waals surface area (Å²) >= 11 is 0. The van der Waals surface area contributed by atoms with E-state index in [2.05, 4.69) is 62.4 Å². The minimum Gasteiger partial charge on any atom is -0.247 e. The molecule has 3 rings (SSSR count). The van der Waals surface area contributed by atoms with Crippen molar-refractivity contribution in [2.45, 2.75) is 13.8 Å². The van der Waals surface area contributed by atoms with E-state index in [1.54, 1.807) is 0 Å². The first-order valence-corrected chi connectivity index (χ1v) is 6.18. The number of para-hydroxylation sites is 1. The van der Waals surface area contributed by atoms with Crippen LogP contribution in [0.25, 0.3) is 22.2 Å². The van der Waals surface area contributed by atoms with Crippen LogP contribution in [0.4, 0.5) is 0 Å². The van der Waals surface area contributed by atoms with Gasteiger partial charge in [-0.25, -0.2) is 4.98 Å². The average molecular weight is 233 g/mol. The highest BCUT2D eigenvalue weighted by atomic mass is 14.7. The Morgan fingerprint density at radius 1 is 0.778 bits per heavy atom. The van der Waals surface area contributed by atoms with Crippen LogP contribution in [0.3, 0.4) is 0 Å². The van der Waals surface area contributed by atoms with Crippen molar-refractivity contribution in [3.63, 3.8) is 0 Å². The highest BCUT2D eigenvalue weighted by molar-refractivity contribution is 5.85. The Balaban J connectivity index is 2.31. The second-order valence-electron chi connectivity index (χ2n) is 4.67. The normalized spacial score (nSPS) is 10.8. The maximum Gasteiger partial charge on any atom is 0.0738 e. The molecule has 0 bridgehead atoms. The molecule has 0 aliphatic carbocycles. The Morgan fingerprint density at radius 3 is 2.33 bits per heavy atom. The number of benzene rings is 2. The van der Waals surface area contributed by atoms with Gasteiger partial charge in [-0.1, -0.05) is 48.5 Å². The van der Waals surface area contributed by atoms with Gasteiger partial charge in [0, 0.05) is 10.9 Å². The molecule has 2 aromatic carbocycles. The van der Waals surface area contributed by atoms with Crippen molar-refractivity contribution in [1.82, 2.24) is 4.98 Å². The third-order valence-electron chi connectivity index (χ3n) is 3.29. The number of aromatic nitrogens is 1. The number of fused-ring (bicyclic) bond motifs is 1. The van der Waals surface area contributed by atoms with Crippen molar-refractivity contribution in [2.24, 2.45) is 0 Å². The molecule has 0 spiro atoms. The molecule has 1 nitrogen and oxygen atoms in total. The lowest BCUT2D eigenvalue weighted by atomic mass is 10.0. The molecule has 0 radical (unpaired) electrons. The largest absolute Gasteiger partial charge is 0.247 e. The molecule has 1 heteroatoms. The van der Waals surface area contributed by atoms with Gasteiger partial charge in [0.2, 0.25) is 0 Å². The first-order valence-electron chi connectivity index (χ1n) is 6.18. The first-order chi connectivity index (χ1) is 8.75. The van der Waals surface area contributed by atoms with Gasteiger partial charge < -0.3 is 0 Å². The van der Waals surface area contributed by atoms with E-state index in [-0.39, 0.29) is 0 Å². The van der Waals surface area contributed by atoms with Crippen LogP contribution in [-0.4, -0.2) is 4.98 Å². The average Bonchev–Trinajstić information content (AvgIpc) is 2.39. The van der Waals surface area contributed by atoms with E-state index in [4.69, 9.17) is 4.98 Å². The summed E-state index contributed by atoms with van der Waals surface area (Å²) in [6.07, 6.45) is 0. The predicted octanol–water partition coefficient (Wildman–Crippen LogP) is 4.52. The fourth-order valence-corrected chi connectivity index (χ4v) is 2.34. The SMILES string of the molecule is Cc1cc2cccc(C)c2nc1-c1ccccc1. The summed E-state index contributed by atoms with van der Waals surface area (Å²) in [4.78, 5) is 4.84.